The van der Waals surface area contributed by atoms with Crippen LogP contribution in [0.2, 0.25) is 0 Å². The molecule has 102 valence electrons. The number of hydrogen-bond acceptors (Lipinski definition) is 2. The molecule has 0 aliphatic heterocycles. The summed E-state index contributed by atoms with van der Waals surface area (Å²) in [7, 11) is 0. The van der Waals surface area contributed by atoms with Gasteiger partial charge in [-0.3, -0.25) is 4.74 Å². The van der Waals surface area contributed by atoms with Crippen LogP contribution < -0.4 is 0 Å². The lowest BCUT2D eigenvalue weighted by molar-refractivity contribution is -0.426. The monoisotopic (exact) mass is 296 g/mol. The second-order valence-electron chi connectivity index (χ2n) is 2.51. The predicted octanol–water partition coefficient (Wildman–Crippen LogP) is 2.74. The van der Waals surface area contributed by atoms with Gasteiger partial charge in [0.1, 0.15) is 0 Å². The van der Waals surface area contributed by atoms with Crippen molar-refractivity contribution in [2.45, 2.75) is 23.5 Å². The van der Waals surface area contributed by atoms with Gasteiger partial charge in [0.15, 0.2) is 0 Å². The molecule has 0 bridgehead atoms. The summed E-state index contributed by atoms with van der Waals surface area (Å²) >= 11 is 3.65. The fraction of sp³-hybridized carbons (Fsp3) is 0.800. The van der Waals surface area contributed by atoms with E-state index in [9.17, 15) is 39.9 Å². The van der Waals surface area contributed by atoms with Crippen LogP contribution in [0, 0.1) is 0 Å². The Labute approximate surface area is 91.9 Å². The predicted molar refractivity (Wildman–Crippen MR) is 34.4 cm³/mol. The minimum atomic E-state index is -6.51. The quantitative estimate of drug-likeness (QED) is 0.641. The lowest BCUT2D eigenvalue weighted by Crippen LogP contribution is -2.57. The molecule has 0 saturated heterocycles. The number of carboxylic acid groups (broad SMARTS) is 1. The molecule has 0 rings (SSSR count). The lowest BCUT2D eigenvalue weighted by atomic mass is 10.3. The third kappa shape index (κ3) is 3.09. The summed E-state index contributed by atoms with van der Waals surface area (Å²) < 4.78 is 98.1. The zero-order valence-electron chi connectivity index (χ0n) is 7.17. The topological polar surface area (TPSA) is 46.5 Å². The van der Waals surface area contributed by atoms with Crippen molar-refractivity contribution in [3.8, 4) is 0 Å². The Hall–Kier alpha value is -0.840. The van der Waals surface area contributed by atoms with E-state index >= 15 is 0 Å². The highest BCUT2D eigenvalue weighted by Crippen LogP contribution is 2.46. The van der Waals surface area contributed by atoms with Gasteiger partial charge in [-0.25, -0.2) is 4.79 Å². The average Bonchev–Trinajstić information content (AvgIpc) is 1.98. The second-order valence-corrected chi connectivity index (χ2v) is 2.99. The molecule has 0 radical (unpaired) electrons. The van der Waals surface area contributed by atoms with Crippen LogP contribution >= 0.6 is 11.6 Å². The fourth-order valence-electron chi connectivity index (χ4n) is 0.457. The molecule has 0 aliphatic rings. The van der Waals surface area contributed by atoms with Crippen LogP contribution in [0.15, 0.2) is 0 Å². The van der Waals surface area contributed by atoms with E-state index in [0.29, 0.717) is 0 Å². The molecule has 0 aromatic carbocycles. The molecule has 0 spiro atoms. The third-order valence-electron chi connectivity index (χ3n) is 1.24. The molecule has 0 aromatic rings. The van der Waals surface area contributed by atoms with Crippen molar-refractivity contribution in [1.82, 2.24) is 0 Å². The van der Waals surface area contributed by atoms with E-state index in [0.717, 1.165) is 0 Å². The summed E-state index contributed by atoms with van der Waals surface area (Å²) in [5.74, 6) is -9.60. The molecule has 1 atom stereocenters. The summed E-state index contributed by atoms with van der Waals surface area (Å²) in [4.78, 5) is 9.83. The van der Waals surface area contributed by atoms with E-state index in [1.807, 2.05) is 4.74 Å². The van der Waals surface area contributed by atoms with Gasteiger partial charge in [0.2, 0.25) is 0 Å². The highest BCUT2D eigenvalue weighted by molar-refractivity contribution is 6.22. The molecule has 1 unspecified atom stereocenters. The zero-order valence-corrected chi connectivity index (χ0v) is 7.92. The molecule has 0 heterocycles. The van der Waals surface area contributed by atoms with Crippen molar-refractivity contribution < 1.29 is 49.8 Å². The number of rotatable bonds is 4. The normalized spacial score (nSPS) is 17.7. The Bertz CT molecular complexity index is 309. The molecule has 0 aliphatic carbocycles. The molecule has 0 amide bonds. The standard InChI is InChI=1S/C5HClF8O3/c6-3(8,9)5(13,14)17-2(7,1(15)16)4(10,11)12/h(H,15,16). The minimum Gasteiger partial charge on any atom is -0.477 e. The smallest absolute Gasteiger partial charge is 0.460 e. The van der Waals surface area contributed by atoms with Crippen LogP contribution in [-0.4, -0.2) is 34.6 Å². The molecular formula is C5HClF8O3. The number of carboxylic acids is 1. The fourth-order valence-corrected chi connectivity index (χ4v) is 0.496. The summed E-state index contributed by atoms with van der Waals surface area (Å²) in [6, 6.07) is 0. The molecule has 0 saturated carbocycles. The van der Waals surface area contributed by atoms with E-state index in [-0.39, 0.29) is 0 Å². The van der Waals surface area contributed by atoms with Crippen molar-refractivity contribution in [2.24, 2.45) is 0 Å². The minimum absolute atomic E-state index is 2.01. The number of ether oxygens (including phenoxy) is 1. The Morgan fingerprint density at radius 2 is 1.35 bits per heavy atom. The Morgan fingerprint density at radius 1 is 1.00 bits per heavy atom. The van der Waals surface area contributed by atoms with Crippen LogP contribution in [0.1, 0.15) is 0 Å². The number of carbonyl (C=O) groups is 1. The van der Waals surface area contributed by atoms with E-state index < -0.39 is 29.5 Å². The van der Waals surface area contributed by atoms with Gasteiger partial charge < -0.3 is 5.11 Å². The van der Waals surface area contributed by atoms with E-state index in [1.54, 1.807) is 0 Å². The first-order chi connectivity index (χ1) is 7.15. The van der Waals surface area contributed by atoms with Crippen LogP contribution in [0.5, 0.6) is 0 Å². The number of aliphatic carboxylic acids is 1. The van der Waals surface area contributed by atoms with E-state index in [4.69, 9.17) is 5.11 Å². The Balaban J connectivity index is 5.39. The summed E-state index contributed by atoms with van der Waals surface area (Å²) in [6.45, 7) is 0. The first-order valence-corrected chi connectivity index (χ1v) is 3.66. The van der Waals surface area contributed by atoms with Crippen LogP contribution in [-0.2, 0) is 9.53 Å². The number of alkyl halides is 9. The maximum absolute atomic E-state index is 12.6. The van der Waals surface area contributed by atoms with Crippen LogP contribution in [0.4, 0.5) is 35.1 Å². The van der Waals surface area contributed by atoms with E-state index in [1.165, 1.54) is 0 Å². The molecule has 0 aromatic heterocycles. The van der Waals surface area contributed by atoms with Crippen molar-refractivity contribution in [2.75, 3.05) is 0 Å². The van der Waals surface area contributed by atoms with Gasteiger partial charge >= 0.3 is 29.5 Å². The van der Waals surface area contributed by atoms with Gasteiger partial charge in [-0.05, 0) is 11.6 Å². The Morgan fingerprint density at radius 3 is 1.53 bits per heavy atom. The second kappa shape index (κ2) is 4.12. The van der Waals surface area contributed by atoms with Gasteiger partial charge in [0.05, 0.1) is 0 Å². The summed E-state index contributed by atoms with van der Waals surface area (Å²) in [5.41, 5.74) is 0. The van der Waals surface area contributed by atoms with Gasteiger partial charge in [-0.1, -0.05) is 0 Å². The van der Waals surface area contributed by atoms with Crippen LogP contribution in [0.25, 0.3) is 0 Å². The van der Waals surface area contributed by atoms with Crippen molar-refractivity contribution in [3.63, 3.8) is 0 Å². The molecule has 17 heavy (non-hydrogen) atoms. The molecule has 0 fully saturated rings. The maximum Gasteiger partial charge on any atom is 0.460 e. The van der Waals surface area contributed by atoms with Crippen molar-refractivity contribution in [1.29, 1.82) is 0 Å². The lowest BCUT2D eigenvalue weighted by Gasteiger charge is -2.29. The number of hydrogen-bond donors (Lipinski definition) is 1. The SMILES string of the molecule is O=C(O)C(F)(OC(F)(F)C(F)(F)Cl)C(F)(F)F. The molecule has 1 N–H and O–H groups in total. The molecule has 3 nitrogen and oxygen atoms in total. The van der Waals surface area contributed by atoms with Crippen molar-refractivity contribution >= 4 is 17.6 Å². The van der Waals surface area contributed by atoms with Gasteiger partial charge in [-0.15, -0.1) is 0 Å². The summed E-state index contributed by atoms with van der Waals surface area (Å²) in [6.07, 6.45) is -12.7. The molecule has 12 heteroatoms. The average molecular weight is 296 g/mol. The summed E-state index contributed by atoms with van der Waals surface area (Å²) in [5, 5.41) is 2.02. The van der Waals surface area contributed by atoms with Gasteiger partial charge in [0.25, 0.3) is 0 Å². The highest BCUT2D eigenvalue weighted by Gasteiger charge is 2.72. The maximum atomic E-state index is 12.6. The highest BCUT2D eigenvalue weighted by atomic mass is 35.5. The van der Waals surface area contributed by atoms with Crippen LogP contribution in [0.3, 0.4) is 0 Å². The van der Waals surface area contributed by atoms with E-state index in [2.05, 4.69) is 11.6 Å². The first-order valence-electron chi connectivity index (χ1n) is 3.29. The first kappa shape index (κ1) is 16.2. The van der Waals surface area contributed by atoms with Gasteiger partial charge in [-0.2, -0.15) is 35.1 Å². The third-order valence-corrected chi connectivity index (χ3v) is 1.46. The van der Waals surface area contributed by atoms with Gasteiger partial charge in [0, 0.05) is 0 Å². The zero-order chi connectivity index (χ0) is 14.3. The number of halogens is 9. The largest absolute Gasteiger partial charge is 0.477 e. The Kier molecular flexibility index (Phi) is 3.92. The molecular weight excluding hydrogens is 295 g/mol. The van der Waals surface area contributed by atoms with Crippen molar-refractivity contribution in [3.05, 3.63) is 0 Å².